The summed E-state index contributed by atoms with van der Waals surface area (Å²) in [4.78, 5) is 2.27. The first-order chi connectivity index (χ1) is 22.9. The van der Waals surface area contributed by atoms with Crippen molar-refractivity contribution in [2.45, 2.75) is 98.8 Å². The molecule has 0 saturated carbocycles. The predicted molar refractivity (Wildman–Crippen MR) is 200 cm³/mol. The van der Waals surface area contributed by atoms with Crippen molar-refractivity contribution in [1.29, 1.82) is 0 Å². The lowest BCUT2D eigenvalue weighted by Gasteiger charge is -2.34. The minimum absolute atomic E-state index is 0.158. The summed E-state index contributed by atoms with van der Waals surface area (Å²) in [5.41, 5.74) is 8.37. The number of hydrogen-bond donors (Lipinski definition) is 0. The Morgan fingerprint density at radius 3 is 2.06 bits per heavy atom. The van der Waals surface area contributed by atoms with Gasteiger partial charge in [0.2, 0.25) is 0 Å². The zero-order valence-electron chi connectivity index (χ0n) is 30.4. The molecular formula is C42H63NO4. The molecule has 260 valence electrons. The Morgan fingerprint density at radius 2 is 1.43 bits per heavy atom. The van der Waals surface area contributed by atoms with Gasteiger partial charge in [0.1, 0.15) is 6.23 Å². The van der Waals surface area contributed by atoms with Crippen molar-refractivity contribution in [2.75, 3.05) is 51.6 Å². The van der Waals surface area contributed by atoms with E-state index in [0.717, 1.165) is 70.9 Å². The van der Waals surface area contributed by atoms with Gasteiger partial charge in [0.05, 0.1) is 6.61 Å². The van der Waals surface area contributed by atoms with Gasteiger partial charge in [0, 0.05) is 57.9 Å². The van der Waals surface area contributed by atoms with Crippen LogP contribution in [-0.2, 0) is 25.6 Å². The van der Waals surface area contributed by atoms with Crippen LogP contribution in [-0.4, -0.2) is 52.9 Å². The third-order valence-corrected chi connectivity index (χ3v) is 7.84. The number of nitrogens with zero attached hydrogens (tertiary/aromatic N) is 1. The SMILES string of the molecule is C=C(c1cccc(C)c1)c1cc(C)ccc1N(C)C1CCCCO1.CCCCOCCC.CCCOCCCOCc1ccccc1. The fraction of sp³-hybridized carbons (Fsp3) is 0.524. The summed E-state index contributed by atoms with van der Waals surface area (Å²) in [6.45, 7) is 21.0. The van der Waals surface area contributed by atoms with Crippen LogP contribution in [0.3, 0.4) is 0 Å². The highest BCUT2D eigenvalue weighted by molar-refractivity contribution is 5.85. The summed E-state index contributed by atoms with van der Waals surface area (Å²) in [5.74, 6) is 0. The van der Waals surface area contributed by atoms with Crippen molar-refractivity contribution in [3.05, 3.63) is 107 Å². The van der Waals surface area contributed by atoms with Gasteiger partial charge in [-0.3, -0.25) is 0 Å². The Bertz CT molecular complexity index is 1220. The molecule has 0 aromatic heterocycles. The molecule has 5 nitrogen and oxygen atoms in total. The summed E-state index contributed by atoms with van der Waals surface area (Å²) in [6, 6.07) is 25.4. The smallest absolute Gasteiger partial charge is 0.129 e. The molecule has 0 spiro atoms. The van der Waals surface area contributed by atoms with Crippen molar-refractivity contribution in [2.24, 2.45) is 0 Å². The predicted octanol–water partition coefficient (Wildman–Crippen LogP) is 10.6. The lowest BCUT2D eigenvalue weighted by atomic mass is 9.95. The van der Waals surface area contributed by atoms with Gasteiger partial charge in [-0.05, 0) is 87.6 Å². The number of rotatable bonds is 17. The van der Waals surface area contributed by atoms with E-state index in [1.54, 1.807) is 0 Å². The molecule has 0 bridgehead atoms. The van der Waals surface area contributed by atoms with Crippen molar-refractivity contribution in [1.82, 2.24) is 0 Å². The molecule has 1 unspecified atom stereocenters. The third-order valence-electron chi connectivity index (χ3n) is 7.84. The number of aryl methyl sites for hydroxylation is 2. The van der Waals surface area contributed by atoms with Crippen molar-refractivity contribution in [3.8, 4) is 0 Å². The molecule has 0 aliphatic carbocycles. The van der Waals surface area contributed by atoms with Crippen LogP contribution in [0.4, 0.5) is 5.69 Å². The normalized spacial score (nSPS) is 14.0. The van der Waals surface area contributed by atoms with E-state index in [2.05, 4.69) is 108 Å². The van der Waals surface area contributed by atoms with Crippen LogP contribution in [0, 0.1) is 13.8 Å². The van der Waals surface area contributed by atoms with Gasteiger partial charge in [0.25, 0.3) is 0 Å². The fourth-order valence-corrected chi connectivity index (χ4v) is 5.14. The molecule has 1 atom stereocenters. The highest BCUT2D eigenvalue weighted by Gasteiger charge is 2.22. The number of unbranched alkanes of at least 4 members (excludes halogenated alkanes) is 1. The Kier molecular flexibility index (Phi) is 21.5. The van der Waals surface area contributed by atoms with Crippen LogP contribution in [0.2, 0.25) is 0 Å². The van der Waals surface area contributed by atoms with Gasteiger partial charge < -0.3 is 23.8 Å². The maximum absolute atomic E-state index is 5.98. The molecule has 5 heteroatoms. The minimum Gasteiger partial charge on any atom is -0.381 e. The molecule has 3 aromatic rings. The van der Waals surface area contributed by atoms with Crippen molar-refractivity contribution < 1.29 is 18.9 Å². The monoisotopic (exact) mass is 645 g/mol. The Hall–Kier alpha value is -2.96. The summed E-state index contributed by atoms with van der Waals surface area (Å²) < 4.78 is 22.1. The van der Waals surface area contributed by atoms with Gasteiger partial charge in [-0.2, -0.15) is 0 Å². The van der Waals surface area contributed by atoms with Crippen LogP contribution in [0.1, 0.15) is 100.0 Å². The molecule has 1 fully saturated rings. The molecule has 47 heavy (non-hydrogen) atoms. The third kappa shape index (κ3) is 16.6. The van der Waals surface area contributed by atoms with Crippen LogP contribution in [0.5, 0.6) is 0 Å². The second kappa shape index (κ2) is 25.1. The molecule has 1 heterocycles. The summed E-state index contributed by atoms with van der Waals surface area (Å²) in [5, 5.41) is 0. The van der Waals surface area contributed by atoms with Gasteiger partial charge in [-0.1, -0.05) is 106 Å². The van der Waals surface area contributed by atoms with Crippen molar-refractivity contribution in [3.63, 3.8) is 0 Å². The second-order valence-electron chi connectivity index (χ2n) is 12.3. The second-order valence-corrected chi connectivity index (χ2v) is 12.3. The molecule has 4 rings (SSSR count). The van der Waals surface area contributed by atoms with E-state index >= 15 is 0 Å². The molecule has 1 saturated heterocycles. The fourth-order valence-electron chi connectivity index (χ4n) is 5.14. The lowest BCUT2D eigenvalue weighted by Crippen LogP contribution is -2.37. The van der Waals surface area contributed by atoms with Crippen LogP contribution in [0.25, 0.3) is 5.57 Å². The highest BCUT2D eigenvalue weighted by atomic mass is 16.5. The lowest BCUT2D eigenvalue weighted by molar-refractivity contribution is 0.0174. The van der Waals surface area contributed by atoms with E-state index in [-0.39, 0.29) is 6.23 Å². The maximum Gasteiger partial charge on any atom is 0.129 e. The Labute approximate surface area is 287 Å². The maximum atomic E-state index is 5.98. The van der Waals surface area contributed by atoms with E-state index in [9.17, 15) is 0 Å². The topological polar surface area (TPSA) is 40.2 Å². The molecule has 0 amide bonds. The molecule has 3 aromatic carbocycles. The first-order valence-corrected chi connectivity index (χ1v) is 17.9. The van der Waals surface area contributed by atoms with Crippen molar-refractivity contribution >= 4 is 11.3 Å². The van der Waals surface area contributed by atoms with E-state index < -0.39 is 0 Å². The van der Waals surface area contributed by atoms with Crippen LogP contribution >= 0.6 is 0 Å². The molecule has 1 aliphatic heterocycles. The zero-order valence-corrected chi connectivity index (χ0v) is 30.4. The zero-order chi connectivity index (χ0) is 34.1. The molecule has 0 N–H and O–H groups in total. The minimum atomic E-state index is 0.158. The standard InChI is InChI=1S/C22H27NO.C13H20O2.C7H16O/c1-16-8-7-9-19(14-16)18(3)20-15-17(2)11-12-21(20)23(4)22-10-5-6-13-24-22;1-2-9-14-10-6-11-15-12-13-7-4-3-5-8-13;1-3-5-7-8-6-4-2/h7-9,11-12,14-15,22H,3,5-6,10,13H2,1-2,4H3;3-5,7-8H,2,6,9-12H2,1H3;3-7H2,1-2H3. The first kappa shape index (κ1) is 40.2. The Morgan fingerprint density at radius 1 is 0.745 bits per heavy atom. The average Bonchev–Trinajstić information content (AvgIpc) is 3.10. The number of hydrogen-bond acceptors (Lipinski definition) is 5. The summed E-state index contributed by atoms with van der Waals surface area (Å²) in [6.07, 6.45) is 9.30. The molecule has 0 radical (unpaired) electrons. The number of benzene rings is 3. The van der Waals surface area contributed by atoms with E-state index in [1.165, 1.54) is 59.2 Å². The van der Waals surface area contributed by atoms with E-state index in [1.807, 2.05) is 18.2 Å². The van der Waals surface area contributed by atoms with Gasteiger partial charge in [-0.25, -0.2) is 0 Å². The number of anilines is 1. The quantitative estimate of drug-likeness (QED) is 0.137. The molecule has 1 aliphatic rings. The Balaban J connectivity index is 0.000000285. The average molecular weight is 646 g/mol. The van der Waals surface area contributed by atoms with E-state index in [0.29, 0.717) is 6.61 Å². The van der Waals surface area contributed by atoms with Crippen LogP contribution < -0.4 is 4.90 Å². The van der Waals surface area contributed by atoms with Gasteiger partial charge in [0.15, 0.2) is 0 Å². The van der Waals surface area contributed by atoms with Gasteiger partial charge >= 0.3 is 0 Å². The molecular weight excluding hydrogens is 582 g/mol. The summed E-state index contributed by atoms with van der Waals surface area (Å²) in [7, 11) is 2.13. The largest absolute Gasteiger partial charge is 0.381 e. The first-order valence-electron chi connectivity index (χ1n) is 17.9. The van der Waals surface area contributed by atoms with Crippen LogP contribution in [0.15, 0.2) is 79.4 Å². The number of ether oxygens (including phenoxy) is 4. The van der Waals surface area contributed by atoms with Gasteiger partial charge in [-0.15, -0.1) is 0 Å². The summed E-state index contributed by atoms with van der Waals surface area (Å²) >= 11 is 0. The van der Waals surface area contributed by atoms with E-state index in [4.69, 9.17) is 18.9 Å². The highest BCUT2D eigenvalue weighted by Crippen LogP contribution is 2.33.